The number of rotatable bonds is 5. The second-order valence-corrected chi connectivity index (χ2v) is 6.33. The minimum Gasteiger partial charge on any atom is -0.478 e. The summed E-state index contributed by atoms with van der Waals surface area (Å²) in [6.45, 7) is 2.04. The predicted octanol–water partition coefficient (Wildman–Crippen LogP) is 3.91. The largest absolute Gasteiger partial charge is 0.478 e. The minimum absolute atomic E-state index is 0.148. The Balaban J connectivity index is 2.29. The standard InChI is InChI=1S/C15H12N2O2S2/c1-2-20-12-4-3-5-13(11(12)8-16)21-14-7-6-10(9-17-14)15(18)19/h3-7,9H,2H2,1H3,(H,18,19). The molecule has 0 radical (unpaired) electrons. The van der Waals surface area contributed by atoms with E-state index in [9.17, 15) is 10.1 Å². The molecule has 0 aliphatic rings. The first-order valence-corrected chi connectivity index (χ1v) is 7.99. The molecular weight excluding hydrogens is 304 g/mol. The van der Waals surface area contributed by atoms with Crippen molar-refractivity contribution >= 4 is 29.5 Å². The molecule has 0 fully saturated rings. The Bertz CT molecular complexity index is 694. The quantitative estimate of drug-likeness (QED) is 0.843. The van der Waals surface area contributed by atoms with E-state index >= 15 is 0 Å². The lowest BCUT2D eigenvalue weighted by Gasteiger charge is -2.07. The molecule has 1 heterocycles. The number of aromatic nitrogens is 1. The van der Waals surface area contributed by atoms with E-state index in [0.717, 1.165) is 15.5 Å². The first-order valence-electron chi connectivity index (χ1n) is 6.18. The van der Waals surface area contributed by atoms with Crippen LogP contribution in [-0.4, -0.2) is 21.8 Å². The summed E-state index contributed by atoms with van der Waals surface area (Å²) in [6, 6.07) is 11.1. The van der Waals surface area contributed by atoms with Gasteiger partial charge < -0.3 is 5.11 Å². The Hall–Kier alpha value is -1.97. The van der Waals surface area contributed by atoms with E-state index in [2.05, 4.69) is 11.1 Å². The summed E-state index contributed by atoms with van der Waals surface area (Å²) in [7, 11) is 0. The molecule has 0 atom stereocenters. The molecule has 0 aliphatic heterocycles. The summed E-state index contributed by atoms with van der Waals surface area (Å²) < 4.78 is 0. The van der Waals surface area contributed by atoms with Gasteiger partial charge in [0.05, 0.1) is 11.1 Å². The van der Waals surface area contributed by atoms with Crippen LogP contribution in [0.3, 0.4) is 0 Å². The molecule has 0 bridgehead atoms. The van der Waals surface area contributed by atoms with Crippen LogP contribution in [0.5, 0.6) is 0 Å². The molecule has 0 aliphatic carbocycles. The van der Waals surface area contributed by atoms with Crippen molar-refractivity contribution in [1.29, 1.82) is 5.26 Å². The third-order valence-corrected chi connectivity index (χ3v) is 4.55. The van der Waals surface area contributed by atoms with E-state index in [4.69, 9.17) is 5.11 Å². The van der Waals surface area contributed by atoms with Gasteiger partial charge in [-0.3, -0.25) is 0 Å². The Morgan fingerprint density at radius 1 is 1.33 bits per heavy atom. The van der Waals surface area contributed by atoms with Crippen molar-refractivity contribution in [3.8, 4) is 6.07 Å². The number of pyridine rings is 1. The van der Waals surface area contributed by atoms with E-state index in [1.54, 1.807) is 17.8 Å². The summed E-state index contributed by atoms with van der Waals surface area (Å²) in [5.41, 5.74) is 0.786. The lowest BCUT2D eigenvalue weighted by molar-refractivity contribution is 0.0696. The summed E-state index contributed by atoms with van der Waals surface area (Å²) in [4.78, 5) is 16.7. The fraction of sp³-hybridized carbons (Fsp3) is 0.133. The molecule has 1 aromatic heterocycles. The van der Waals surface area contributed by atoms with Crippen molar-refractivity contribution in [2.45, 2.75) is 21.7 Å². The third kappa shape index (κ3) is 3.78. The van der Waals surface area contributed by atoms with Gasteiger partial charge in [-0.2, -0.15) is 5.26 Å². The van der Waals surface area contributed by atoms with Crippen molar-refractivity contribution in [2.24, 2.45) is 0 Å². The van der Waals surface area contributed by atoms with Crippen molar-refractivity contribution in [1.82, 2.24) is 4.98 Å². The SMILES string of the molecule is CCSc1cccc(Sc2ccc(C(=O)O)cn2)c1C#N. The Labute approximate surface area is 131 Å². The highest BCUT2D eigenvalue weighted by Gasteiger charge is 2.11. The predicted molar refractivity (Wildman–Crippen MR) is 82.9 cm³/mol. The fourth-order valence-corrected chi connectivity index (χ4v) is 3.38. The molecular formula is C15H12N2O2S2. The lowest BCUT2D eigenvalue weighted by Crippen LogP contribution is -1.96. The maximum atomic E-state index is 10.8. The number of thioether (sulfide) groups is 1. The molecule has 0 unspecified atom stereocenters. The first kappa shape index (κ1) is 15.4. The zero-order chi connectivity index (χ0) is 15.2. The van der Waals surface area contributed by atoms with Crippen LogP contribution in [0.4, 0.5) is 0 Å². The van der Waals surface area contributed by atoms with Gasteiger partial charge in [0.25, 0.3) is 0 Å². The average Bonchev–Trinajstić information content (AvgIpc) is 2.48. The minimum atomic E-state index is -1.00. The summed E-state index contributed by atoms with van der Waals surface area (Å²) in [5.74, 6) is -0.105. The number of nitrogens with zero attached hydrogens (tertiary/aromatic N) is 2. The zero-order valence-electron chi connectivity index (χ0n) is 11.2. The molecule has 0 amide bonds. The number of carbonyl (C=O) groups is 1. The van der Waals surface area contributed by atoms with Gasteiger partial charge in [0.15, 0.2) is 0 Å². The highest BCUT2D eigenvalue weighted by Crippen LogP contribution is 2.34. The van der Waals surface area contributed by atoms with Gasteiger partial charge >= 0.3 is 5.97 Å². The normalized spacial score (nSPS) is 10.1. The van der Waals surface area contributed by atoms with E-state index in [1.807, 2.05) is 25.1 Å². The third-order valence-electron chi connectivity index (χ3n) is 2.60. The molecule has 2 aromatic rings. The van der Waals surface area contributed by atoms with E-state index in [0.29, 0.717) is 10.6 Å². The highest BCUT2D eigenvalue weighted by atomic mass is 32.2. The van der Waals surface area contributed by atoms with Crippen LogP contribution in [0, 0.1) is 11.3 Å². The second-order valence-electron chi connectivity index (χ2n) is 3.97. The molecule has 2 rings (SSSR count). The molecule has 0 spiro atoms. The van der Waals surface area contributed by atoms with Gasteiger partial charge in [0.2, 0.25) is 0 Å². The maximum Gasteiger partial charge on any atom is 0.337 e. The van der Waals surface area contributed by atoms with E-state index < -0.39 is 5.97 Å². The van der Waals surface area contributed by atoms with Gasteiger partial charge in [0.1, 0.15) is 11.1 Å². The highest BCUT2D eigenvalue weighted by molar-refractivity contribution is 8.00. The van der Waals surface area contributed by atoms with E-state index in [1.165, 1.54) is 24.0 Å². The molecule has 0 saturated carbocycles. The topological polar surface area (TPSA) is 74.0 Å². The molecule has 1 N–H and O–H groups in total. The average molecular weight is 316 g/mol. The summed E-state index contributed by atoms with van der Waals surface area (Å²) in [5, 5.41) is 18.9. The first-order chi connectivity index (χ1) is 10.2. The van der Waals surface area contributed by atoms with Crippen LogP contribution in [-0.2, 0) is 0 Å². The van der Waals surface area contributed by atoms with Gasteiger partial charge in [-0.1, -0.05) is 24.8 Å². The maximum absolute atomic E-state index is 10.8. The lowest BCUT2D eigenvalue weighted by atomic mass is 10.2. The fourth-order valence-electron chi connectivity index (χ4n) is 1.66. The van der Waals surface area contributed by atoms with Crippen molar-refractivity contribution in [3.05, 3.63) is 47.7 Å². The van der Waals surface area contributed by atoms with Crippen LogP contribution in [0.1, 0.15) is 22.8 Å². The number of benzene rings is 1. The molecule has 21 heavy (non-hydrogen) atoms. The monoisotopic (exact) mass is 316 g/mol. The smallest absolute Gasteiger partial charge is 0.337 e. The van der Waals surface area contributed by atoms with Crippen LogP contribution >= 0.6 is 23.5 Å². The number of nitriles is 1. The summed E-state index contributed by atoms with van der Waals surface area (Å²) in [6.07, 6.45) is 1.32. The van der Waals surface area contributed by atoms with Crippen LogP contribution in [0.25, 0.3) is 0 Å². The zero-order valence-corrected chi connectivity index (χ0v) is 12.9. The molecule has 4 nitrogen and oxygen atoms in total. The number of aromatic carboxylic acids is 1. The molecule has 106 valence electrons. The number of carboxylic acids is 1. The second kappa shape index (κ2) is 7.16. The van der Waals surface area contributed by atoms with Gasteiger partial charge in [0, 0.05) is 16.0 Å². The molecule has 1 aromatic carbocycles. The van der Waals surface area contributed by atoms with Crippen molar-refractivity contribution in [2.75, 3.05) is 5.75 Å². The van der Waals surface area contributed by atoms with Gasteiger partial charge in [-0.15, -0.1) is 11.8 Å². The Morgan fingerprint density at radius 2 is 2.10 bits per heavy atom. The van der Waals surface area contributed by atoms with Crippen LogP contribution < -0.4 is 0 Å². The van der Waals surface area contributed by atoms with Crippen LogP contribution in [0.2, 0.25) is 0 Å². The Kier molecular flexibility index (Phi) is 5.26. The van der Waals surface area contributed by atoms with Crippen molar-refractivity contribution in [3.63, 3.8) is 0 Å². The van der Waals surface area contributed by atoms with Crippen LogP contribution in [0.15, 0.2) is 51.3 Å². The molecule has 0 saturated heterocycles. The van der Waals surface area contributed by atoms with E-state index in [-0.39, 0.29) is 5.56 Å². The van der Waals surface area contributed by atoms with Gasteiger partial charge in [-0.25, -0.2) is 9.78 Å². The van der Waals surface area contributed by atoms with Crippen molar-refractivity contribution < 1.29 is 9.90 Å². The number of carboxylic acid groups (broad SMARTS) is 1. The summed E-state index contributed by atoms with van der Waals surface area (Å²) >= 11 is 2.98. The molecule has 6 heteroatoms. The Morgan fingerprint density at radius 3 is 2.67 bits per heavy atom. The number of hydrogen-bond acceptors (Lipinski definition) is 5. The van der Waals surface area contributed by atoms with Gasteiger partial charge in [-0.05, 0) is 30.0 Å². The number of hydrogen-bond donors (Lipinski definition) is 1.